The highest BCUT2D eigenvalue weighted by atomic mass is 79.9. The Bertz CT molecular complexity index is 803. The molecule has 0 saturated heterocycles. The number of pyridine rings is 1. The Hall–Kier alpha value is -1.62. The molecule has 0 bridgehead atoms. The maximum absolute atomic E-state index is 12.3. The zero-order valence-electron chi connectivity index (χ0n) is 9.84. The van der Waals surface area contributed by atoms with Crippen molar-refractivity contribution >= 4 is 43.4 Å². The van der Waals surface area contributed by atoms with Crippen LogP contribution >= 0.6 is 27.5 Å². The molecule has 2 aromatic rings. The van der Waals surface area contributed by atoms with Gasteiger partial charge in [-0.3, -0.25) is 4.72 Å². The monoisotopic (exact) mass is 371 g/mol. The number of benzene rings is 1. The number of sulfonamides is 1. The number of halogens is 2. The molecule has 0 saturated carbocycles. The molecule has 0 spiro atoms. The molecular formula is C12H7BrClN3O2S. The first-order valence-electron chi connectivity index (χ1n) is 5.27. The number of nitriles is 1. The second kappa shape index (κ2) is 5.79. The molecule has 0 amide bonds. The maximum Gasteiger partial charge on any atom is 0.264 e. The standard InChI is InChI=1S/C12H7BrClN3O2S/c13-11-2-1-3-12(16-11)17-20(18,19)10-6-9(14)5-4-8(10)7-15/h1-6H,(H,16,17). The van der Waals surface area contributed by atoms with Crippen LogP contribution < -0.4 is 4.72 Å². The number of rotatable bonds is 3. The number of anilines is 1. The Morgan fingerprint density at radius 2 is 2.05 bits per heavy atom. The van der Waals surface area contributed by atoms with Gasteiger partial charge in [0.05, 0.1) is 5.56 Å². The van der Waals surface area contributed by atoms with Crippen molar-refractivity contribution in [2.24, 2.45) is 0 Å². The SMILES string of the molecule is N#Cc1ccc(Cl)cc1S(=O)(=O)Nc1cccc(Br)n1. The molecule has 0 radical (unpaired) electrons. The average molecular weight is 373 g/mol. The summed E-state index contributed by atoms with van der Waals surface area (Å²) >= 11 is 8.93. The first-order chi connectivity index (χ1) is 9.42. The molecule has 5 nitrogen and oxygen atoms in total. The normalized spacial score (nSPS) is 10.8. The summed E-state index contributed by atoms with van der Waals surface area (Å²) < 4.78 is 27.3. The fourth-order valence-electron chi connectivity index (χ4n) is 1.47. The van der Waals surface area contributed by atoms with Crippen molar-refractivity contribution in [3.8, 4) is 6.07 Å². The number of aromatic nitrogens is 1. The van der Waals surface area contributed by atoms with Crippen LogP contribution in [0.4, 0.5) is 5.82 Å². The highest BCUT2D eigenvalue weighted by molar-refractivity contribution is 9.10. The van der Waals surface area contributed by atoms with Gasteiger partial charge in [-0.25, -0.2) is 13.4 Å². The molecule has 0 aliphatic rings. The van der Waals surface area contributed by atoms with E-state index in [9.17, 15) is 8.42 Å². The third-order valence-electron chi connectivity index (χ3n) is 2.31. The van der Waals surface area contributed by atoms with Crippen LogP contribution in [-0.4, -0.2) is 13.4 Å². The Morgan fingerprint density at radius 1 is 1.30 bits per heavy atom. The molecule has 1 N–H and O–H groups in total. The van der Waals surface area contributed by atoms with Crippen LogP contribution in [0.3, 0.4) is 0 Å². The van der Waals surface area contributed by atoms with Crippen LogP contribution in [0.15, 0.2) is 45.9 Å². The van der Waals surface area contributed by atoms with Crippen molar-refractivity contribution < 1.29 is 8.42 Å². The zero-order valence-corrected chi connectivity index (χ0v) is 13.0. The van der Waals surface area contributed by atoms with Crippen molar-refractivity contribution in [1.82, 2.24) is 4.98 Å². The fraction of sp³-hybridized carbons (Fsp3) is 0. The summed E-state index contributed by atoms with van der Waals surface area (Å²) in [5.41, 5.74) is 0.0110. The molecule has 0 aliphatic carbocycles. The van der Waals surface area contributed by atoms with Gasteiger partial charge in [0.25, 0.3) is 10.0 Å². The minimum atomic E-state index is -3.94. The summed E-state index contributed by atoms with van der Waals surface area (Å²) in [5.74, 6) is 0.142. The van der Waals surface area contributed by atoms with E-state index in [0.717, 1.165) is 0 Å². The smallest absolute Gasteiger partial charge is 0.263 e. The Balaban J connectivity index is 2.46. The lowest BCUT2D eigenvalue weighted by Gasteiger charge is -2.09. The van der Waals surface area contributed by atoms with Gasteiger partial charge >= 0.3 is 0 Å². The minimum absolute atomic E-state index is 0.0110. The summed E-state index contributed by atoms with van der Waals surface area (Å²) in [5, 5.41) is 9.20. The molecule has 1 aromatic carbocycles. The third-order valence-corrected chi connectivity index (χ3v) is 4.38. The summed E-state index contributed by atoms with van der Waals surface area (Å²) in [6, 6.07) is 10.6. The third kappa shape index (κ3) is 3.28. The highest BCUT2D eigenvalue weighted by Crippen LogP contribution is 2.22. The van der Waals surface area contributed by atoms with Gasteiger partial charge in [-0.2, -0.15) is 5.26 Å². The summed E-state index contributed by atoms with van der Waals surface area (Å²) in [6.07, 6.45) is 0. The predicted octanol–water partition coefficient (Wildman–Crippen LogP) is 3.17. The van der Waals surface area contributed by atoms with E-state index >= 15 is 0 Å². The summed E-state index contributed by atoms with van der Waals surface area (Å²) in [7, 11) is -3.94. The molecule has 8 heteroatoms. The first kappa shape index (κ1) is 14.8. The van der Waals surface area contributed by atoms with Crippen LogP contribution in [0, 0.1) is 11.3 Å². The molecule has 1 heterocycles. The quantitative estimate of drug-likeness (QED) is 0.839. The van der Waals surface area contributed by atoms with Crippen molar-refractivity contribution in [1.29, 1.82) is 5.26 Å². The topological polar surface area (TPSA) is 82.8 Å². The molecule has 1 aromatic heterocycles. The van der Waals surface area contributed by atoms with Crippen LogP contribution in [0.1, 0.15) is 5.56 Å². The molecule has 2 rings (SSSR count). The molecule has 102 valence electrons. The van der Waals surface area contributed by atoms with E-state index in [4.69, 9.17) is 16.9 Å². The van der Waals surface area contributed by atoms with Gasteiger partial charge in [0.2, 0.25) is 0 Å². The number of nitrogens with one attached hydrogen (secondary N) is 1. The minimum Gasteiger partial charge on any atom is -0.263 e. The van der Waals surface area contributed by atoms with Gasteiger partial charge < -0.3 is 0 Å². The van der Waals surface area contributed by atoms with E-state index in [2.05, 4.69) is 25.6 Å². The van der Waals surface area contributed by atoms with Crippen molar-refractivity contribution in [2.75, 3.05) is 4.72 Å². The van der Waals surface area contributed by atoms with Gasteiger partial charge in [-0.15, -0.1) is 0 Å². The van der Waals surface area contributed by atoms with Crippen LogP contribution in [-0.2, 0) is 10.0 Å². The van der Waals surface area contributed by atoms with Crippen molar-refractivity contribution in [3.63, 3.8) is 0 Å². The Morgan fingerprint density at radius 3 is 2.70 bits per heavy atom. The Kier molecular flexibility index (Phi) is 4.28. The maximum atomic E-state index is 12.3. The lowest BCUT2D eigenvalue weighted by Crippen LogP contribution is -2.15. The average Bonchev–Trinajstić information content (AvgIpc) is 2.38. The Labute approximate surface area is 129 Å². The van der Waals surface area contributed by atoms with Gasteiger partial charge in [0, 0.05) is 5.02 Å². The van der Waals surface area contributed by atoms with E-state index in [1.807, 2.05) is 6.07 Å². The van der Waals surface area contributed by atoms with E-state index in [1.54, 1.807) is 12.1 Å². The number of nitrogens with zero attached hydrogens (tertiary/aromatic N) is 2. The van der Waals surface area contributed by atoms with E-state index in [-0.39, 0.29) is 21.3 Å². The second-order valence-corrected chi connectivity index (χ2v) is 6.60. The largest absolute Gasteiger partial charge is 0.264 e. The van der Waals surface area contributed by atoms with Crippen molar-refractivity contribution in [3.05, 3.63) is 51.6 Å². The lowest BCUT2D eigenvalue weighted by molar-refractivity contribution is 0.601. The van der Waals surface area contributed by atoms with E-state index in [1.165, 1.54) is 24.3 Å². The molecular weight excluding hydrogens is 366 g/mol. The van der Waals surface area contributed by atoms with Crippen LogP contribution in [0.2, 0.25) is 5.02 Å². The predicted molar refractivity (Wildman–Crippen MR) is 78.9 cm³/mol. The van der Waals surface area contributed by atoms with Gasteiger partial charge in [-0.1, -0.05) is 17.7 Å². The molecule has 0 unspecified atom stereocenters. The zero-order chi connectivity index (χ0) is 14.8. The van der Waals surface area contributed by atoms with E-state index < -0.39 is 10.0 Å². The summed E-state index contributed by atoms with van der Waals surface area (Å²) in [4.78, 5) is 3.79. The van der Waals surface area contributed by atoms with Crippen LogP contribution in [0.25, 0.3) is 0 Å². The highest BCUT2D eigenvalue weighted by Gasteiger charge is 2.20. The molecule has 20 heavy (non-hydrogen) atoms. The molecule has 0 aliphatic heterocycles. The molecule has 0 fully saturated rings. The van der Waals surface area contributed by atoms with Gasteiger partial charge in [0.1, 0.15) is 21.4 Å². The second-order valence-electron chi connectivity index (χ2n) is 3.70. The lowest BCUT2D eigenvalue weighted by atomic mass is 10.2. The van der Waals surface area contributed by atoms with Crippen molar-refractivity contribution in [2.45, 2.75) is 4.90 Å². The fourth-order valence-corrected chi connectivity index (χ4v) is 3.23. The van der Waals surface area contributed by atoms with Crippen LogP contribution in [0.5, 0.6) is 0 Å². The molecule has 0 atom stereocenters. The first-order valence-corrected chi connectivity index (χ1v) is 7.93. The summed E-state index contributed by atoms with van der Waals surface area (Å²) in [6.45, 7) is 0. The van der Waals surface area contributed by atoms with Gasteiger partial charge in [0.15, 0.2) is 0 Å². The van der Waals surface area contributed by atoms with Gasteiger partial charge in [-0.05, 0) is 46.3 Å². The number of hydrogen-bond donors (Lipinski definition) is 1. The number of hydrogen-bond acceptors (Lipinski definition) is 4. The van der Waals surface area contributed by atoms with E-state index in [0.29, 0.717) is 4.60 Å².